The second-order valence-electron chi connectivity index (χ2n) is 2.98. The van der Waals surface area contributed by atoms with E-state index >= 15 is 0 Å². The van der Waals surface area contributed by atoms with Crippen molar-refractivity contribution in [2.75, 3.05) is 5.73 Å². The maximum Gasteiger partial charge on any atom is 0.147 e. The Morgan fingerprint density at radius 3 is 2.93 bits per heavy atom. The zero-order valence-corrected chi connectivity index (χ0v) is 7.52. The van der Waals surface area contributed by atoms with Crippen LogP contribution in [0.3, 0.4) is 0 Å². The summed E-state index contributed by atoms with van der Waals surface area (Å²) >= 11 is 0. The lowest BCUT2D eigenvalue weighted by atomic mass is 10.3. The third-order valence-electron chi connectivity index (χ3n) is 2.07. The minimum absolute atomic E-state index is 0.359. The first-order valence-corrected chi connectivity index (χ1v) is 4.06. The van der Waals surface area contributed by atoms with Gasteiger partial charge < -0.3 is 15.6 Å². The molecular weight excluding hydrogens is 182 g/mol. The highest BCUT2D eigenvalue weighted by molar-refractivity contribution is 5.92. The average Bonchev–Trinajstić information content (AvgIpc) is 2.42. The molecule has 5 nitrogen and oxygen atoms in total. The number of hydrogen-bond acceptors (Lipinski definition) is 4. The summed E-state index contributed by atoms with van der Waals surface area (Å²) in [4.78, 5) is 14.8. The van der Waals surface area contributed by atoms with Crippen LogP contribution in [0.4, 0.5) is 10.5 Å². The van der Waals surface area contributed by atoms with E-state index in [1.807, 2.05) is 0 Å². The Balaban J connectivity index is 2.90. The van der Waals surface area contributed by atoms with Crippen LogP contribution in [0.1, 0.15) is 5.82 Å². The first-order valence-electron chi connectivity index (χ1n) is 4.06. The van der Waals surface area contributed by atoms with Crippen molar-refractivity contribution in [3.63, 3.8) is 0 Å². The lowest BCUT2D eigenvalue weighted by Gasteiger charge is -2.05. The van der Waals surface area contributed by atoms with Gasteiger partial charge in [-0.25, -0.2) is 4.98 Å². The van der Waals surface area contributed by atoms with Gasteiger partial charge in [-0.1, -0.05) is 6.07 Å². The van der Waals surface area contributed by atoms with Crippen LogP contribution >= 0.6 is 0 Å². The summed E-state index contributed by atoms with van der Waals surface area (Å²) in [5, 5.41) is 10.8. The highest BCUT2D eigenvalue weighted by atomic mass is 16.4. The molecule has 0 saturated carbocycles. The highest BCUT2D eigenvalue weighted by Crippen LogP contribution is 2.20. The van der Waals surface area contributed by atoms with Gasteiger partial charge in [0, 0.05) is 0 Å². The number of carbonyl (C=O) groups is 1. The van der Waals surface area contributed by atoms with E-state index in [0.29, 0.717) is 22.5 Å². The van der Waals surface area contributed by atoms with Gasteiger partial charge in [0.15, 0.2) is 0 Å². The van der Waals surface area contributed by atoms with Gasteiger partial charge in [0.2, 0.25) is 0 Å². The Morgan fingerprint density at radius 2 is 2.29 bits per heavy atom. The smallest absolute Gasteiger partial charge is 0.147 e. The number of imidazole rings is 1. The summed E-state index contributed by atoms with van der Waals surface area (Å²) in [6.45, 7) is 1.59. The van der Waals surface area contributed by atoms with Crippen LogP contribution in [0.15, 0.2) is 18.2 Å². The molecule has 2 aromatic rings. The molecule has 0 spiro atoms. The van der Waals surface area contributed by atoms with E-state index in [9.17, 15) is 9.90 Å². The van der Waals surface area contributed by atoms with E-state index in [0.717, 1.165) is 4.57 Å². The van der Waals surface area contributed by atoms with E-state index in [2.05, 4.69) is 4.98 Å². The van der Waals surface area contributed by atoms with Gasteiger partial charge in [-0.2, -0.15) is 0 Å². The van der Waals surface area contributed by atoms with E-state index < -0.39 is 6.09 Å². The summed E-state index contributed by atoms with van der Waals surface area (Å²) in [5.41, 5.74) is 7.07. The minimum atomic E-state index is -1.30. The Kier molecular flexibility index (Phi) is 1.67. The number of nitrogens with zero attached hydrogens (tertiary/aromatic N) is 2. The van der Waals surface area contributed by atoms with Crippen LogP contribution in [0.25, 0.3) is 11.0 Å². The Morgan fingerprint density at radius 1 is 1.57 bits per heavy atom. The minimum Gasteiger partial charge on any atom is -0.529 e. The van der Waals surface area contributed by atoms with Crippen molar-refractivity contribution in [1.29, 1.82) is 0 Å². The van der Waals surface area contributed by atoms with Gasteiger partial charge >= 0.3 is 0 Å². The molecular formula is C9H8N3O2-. The molecule has 0 atom stereocenters. The monoisotopic (exact) mass is 190 g/mol. The predicted molar refractivity (Wildman–Crippen MR) is 49.7 cm³/mol. The normalized spacial score (nSPS) is 10.6. The van der Waals surface area contributed by atoms with Crippen LogP contribution in [0.5, 0.6) is 0 Å². The number of nitrogens with two attached hydrogens (primary N) is 1. The molecule has 0 aliphatic heterocycles. The lowest BCUT2D eigenvalue weighted by molar-refractivity contribution is -0.250. The van der Waals surface area contributed by atoms with Crippen molar-refractivity contribution in [3.8, 4) is 0 Å². The van der Waals surface area contributed by atoms with E-state index in [4.69, 9.17) is 5.73 Å². The van der Waals surface area contributed by atoms with Crippen LogP contribution < -0.4 is 10.8 Å². The summed E-state index contributed by atoms with van der Waals surface area (Å²) < 4.78 is 1.01. The van der Waals surface area contributed by atoms with Crippen LogP contribution in [-0.4, -0.2) is 15.6 Å². The van der Waals surface area contributed by atoms with Crippen LogP contribution in [-0.2, 0) is 0 Å². The van der Waals surface area contributed by atoms with Gasteiger partial charge in [-0.15, -0.1) is 0 Å². The summed E-state index contributed by atoms with van der Waals surface area (Å²) in [7, 11) is 0. The number of para-hydroxylation sites is 1. The number of anilines is 1. The zero-order valence-electron chi connectivity index (χ0n) is 7.52. The predicted octanol–water partition coefficient (Wildman–Crippen LogP) is 0.118. The van der Waals surface area contributed by atoms with Gasteiger partial charge in [-0.3, -0.25) is 4.57 Å². The molecule has 1 aromatic heterocycles. The topological polar surface area (TPSA) is 84.0 Å². The number of benzene rings is 1. The molecule has 2 rings (SSSR count). The summed E-state index contributed by atoms with van der Waals surface area (Å²) in [6, 6.07) is 4.99. The fourth-order valence-corrected chi connectivity index (χ4v) is 1.47. The third-order valence-corrected chi connectivity index (χ3v) is 2.07. The average molecular weight is 190 g/mol. The number of aromatic nitrogens is 2. The van der Waals surface area contributed by atoms with Gasteiger partial charge in [0.05, 0.1) is 11.2 Å². The van der Waals surface area contributed by atoms with E-state index in [1.54, 1.807) is 25.1 Å². The Hall–Kier alpha value is -2.04. The molecule has 5 heteroatoms. The molecule has 1 heterocycles. The van der Waals surface area contributed by atoms with Crippen molar-refractivity contribution in [2.24, 2.45) is 0 Å². The number of fused-ring (bicyclic) bond motifs is 1. The lowest BCUT2D eigenvalue weighted by Crippen LogP contribution is -2.29. The molecule has 0 radical (unpaired) electrons. The van der Waals surface area contributed by atoms with Crippen molar-refractivity contribution < 1.29 is 9.90 Å². The molecule has 14 heavy (non-hydrogen) atoms. The first kappa shape index (κ1) is 8.55. The summed E-state index contributed by atoms with van der Waals surface area (Å²) in [6.07, 6.45) is -1.30. The van der Waals surface area contributed by atoms with Crippen molar-refractivity contribution in [1.82, 2.24) is 9.55 Å². The quantitative estimate of drug-likeness (QED) is 0.598. The molecule has 0 amide bonds. The highest BCUT2D eigenvalue weighted by Gasteiger charge is 2.09. The first-order chi connectivity index (χ1) is 6.61. The molecule has 0 unspecified atom stereocenters. The molecule has 0 saturated heterocycles. The second-order valence-corrected chi connectivity index (χ2v) is 2.98. The number of nitrogen functional groups attached to an aromatic ring is 1. The largest absolute Gasteiger partial charge is 0.529 e. The van der Waals surface area contributed by atoms with Crippen molar-refractivity contribution in [3.05, 3.63) is 24.0 Å². The number of carbonyl (C=O) groups excluding carboxylic acids is 1. The van der Waals surface area contributed by atoms with Crippen LogP contribution in [0.2, 0.25) is 0 Å². The Labute approximate surface area is 79.8 Å². The van der Waals surface area contributed by atoms with Crippen LogP contribution in [0, 0.1) is 6.92 Å². The SMILES string of the molecule is Cc1nc2c(N)cccc2n1C(=O)[O-]. The second kappa shape index (κ2) is 2.73. The summed E-state index contributed by atoms with van der Waals surface area (Å²) in [5.74, 6) is 0.359. The number of hydrogen-bond donors (Lipinski definition) is 1. The van der Waals surface area contributed by atoms with E-state index in [1.165, 1.54) is 0 Å². The number of rotatable bonds is 0. The standard InChI is InChI=1S/C9H9N3O2/c1-5-11-8-6(10)3-2-4-7(8)12(5)9(13)14/h2-4H,10H2,1H3,(H,13,14)/p-1. The molecule has 0 aliphatic rings. The molecule has 2 N–H and O–H groups in total. The fraction of sp³-hybridized carbons (Fsp3) is 0.111. The molecule has 1 aromatic carbocycles. The van der Waals surface area contributed by atoms with Crippen molar-refractivity contribution >= 4 is 22.8 Å². The van der Waals surface area contributed by atoms with Gasteiger partial charge in [0.25, 0.3) is 0 Å². The molecule has 72 valence electrons. The maximum atomic E-state index is 10.8. The molecule has 0 bridgehead atoms. The van der Waals surface area contributed by atoms with Crippen molar-refractivity contribution in [2.45, 2.75) is 6.92 Å². The maximum absolute atomic E-state index is 10.8. The number of carboxylic acid groups (broad SMARTS) is 1. The zero-order chi connectivity index (χ0) is 10.3. The van der Waals surface area contributed by atoms with Gasteiger partial charge in [0.1, 0.15) is 17.4 Å². The fourth-order valence-electron chi connectivity index (χ4n) is 1.47. The molecule has 0 aliphatic carbocycles. The molecule has 0 fully saturated rings. The number of aryl methyl sites for hydroxylation is 1. The third kappa shape index (κ3) is 1.02. The van der Waals surface area contributed by atoms with Gasteiger partial charge in [-0.05, 0) is 19.1 Å². The Bertz CT molecular complexity index is 516. The van der Waals surface area contributed by atoms with E-state index in [-0.39, 0.29) is 0 Å².